The number of methoxy groups -OCH3 is 1. The Morgan fingerprint density at radius 2 is 2.31 bits per heavy atom. The second-order valence-electron chi connectivity index (χ2n) is 3.12. The van der Waals surface area contributed by atoms with Crippen molar-refractivity contribution >= 4 is 28.3 Å². The maximum atomic E-state index is 11.4. The van der Waals surface area contributed by atoms with Gasteiger partial charge in [-0.05, 0) is 6.92 Å². The molecule has 0 aromatic carbocycles. The molecule has 7 heteroatoms. The first-order chi connectivity index (χ1) is 7.63. The highest BCUT2D eigenvalue weighted by Gasteiger charge is 2.16. The highest BCUT2D eigenvalue weighted by atomic mass is 32.1. The van der Waals surface area contributed by atoms with E-state index in [1.54, 1.807) is 18.5 Å². The van der Waals surface area contributed by atoms with E-state index in [9.17, 15) is 9.59 Å². The summed E-state index contributed by atoms with van der Waals surface area (Å²) in [4.78, 5) is 26.5. The number of nitrogens with one attached hydrogen (secondary N) is 2. The number of thiazole rings is 1. The highest BCUT2D eigenvalue weighted by Crippen LogP contribution is 2.09. The zero-order valence-electron chi connectivity index (χ0n) is 9.02. The average molecular weight is 243 g/mol. The van der Waals surface area contributed by atoms with Crippen molar-refractivity contribution in [3.63, 3.8) is 0 Å². The van der Waals surface area contributed by atoms with Crippen LogP contribution in [0.5, 0.6) is 0 Å². The van der Waals surface area contributed by atoms with Crippen molar-refractivity contribution in [3.05, 3.63) is 11.6 Å². The molecule has 0 aliphatic rings. The van der Waals surface area contributed by atoms with Crippen LogP contribution in [-0.4, -0.2) is 36.6 Å². The normalized spacial score (nSPS) is 11.9. The van der Waals surface area contributed by atoms with Crippen LogP contribution >= 0.6 is 11.3 Å². The Labute approximate surface area is 97.0 Å². The minimum Gasteiger partial charge on any atom is -0.383 e. The Kier molecular flexibility index (Phi) is 4.87. The van der Waals surface area contributed by atoms with E-state index in [0.717, 1.165) is 0 Å². The van der Waals surface area contributed by atoms with E-state index in [-0.39, 0.29) is 6.04 Å². The lowest BCUT2D eigenvalue weighted by molar-refractivity contribution is -0.136. The van der Waals surface area contributed by atoms with E-state index in [4.69, 9.17) is 4.74 Å². The number of carbonyl (C=O) groups excluding carboxylic acids is 2. The van der Waals surface area contributed by atoms with Gasteiger partial charge in [-0.25, -0.2) is 4.98 Å². The number of rotatable bonds is 4. The number of nitrogens with zero attached hydrogens (tertiary/aromatic N) is 1. The van der Waals surface area contributed by atoms with Gasteiger partial charge in [-0.1, -0.05) is 0 Å². The summed E-state index contributed by atoms with van der Waals surface area (Å²) in [6.07, 6.45) is 1.55. The minimum absolute atomic E-state index is 0.209. The first-order valence-electron chi connectivity index (χ1n) is 4.63. The van der Waals surface area contributed by atoms with Gasteiger partial charge in [0.2, 0.25) is 0 Å². The highest BCUT2D eigenvalue weighted by molar-refractivity contribution is 7.13. The van der Waals surface area contributed by atoms with Crippen LogP contribution in [0.3, 0.4) is 0 Å². The number of ether oxygens (including phenoxy) is 1. The quantitative estimate of drug-likeness (QED) is 0.742. The summed E-state index contributed by atoms with van der Waals surface area (Å²) in [6, 6.07) is -0.209. The molecular formula is C9H13N3O3S. The Morgan fingerprint density at radius 1 is 1.56 bits per heavy atom. The van der Waals surface area contributed by atoms with Crippen LogP contribution in [0.25, 0.3) is 0 Å². The van der Waals surface area contributed by atoms with Gasteiger partial charge in [0.15, 0.2) is 5.13 Å². The molecule has 1 heterocycles. The predicted molar refractivity (Wildman–Crippen MR) is 60.2 cm³/mol. The molecule has 0 aliphatic carbocycles. The molecule has 0 saturated heterocycles. The number of anilines is 1. The van der Waals surface area contributed by atoms with Crippen molar-refractivity contribution in [2.45, 2.75) is 13.0 Å². The van der Waals surface area contributed by atoms with E-state index in [1.807, 2.05) is 0 Å². The Balaban J connectivity index is 2.39. The van der Waals surface area contributed by atoms with Crippen molar-refractivity contribution in [3.8, 4) is 0 Å². The summed E-state index contributed by atoms with van der Waals surface area (Å²) < 4.78 is 4.83. The molecular weight excluding hydrogens is 230 g/mol. The molecule has 88 valence electrons. The summed E-state index contributed by atoms with van der Waals surface area (Å²) in [6.45, 7) is 2.11. The largest absolute Gasteiger partial charge is 0.383 e. The molecule has 0 unspecified atom stereocenters. The van der Waals surface area contributed by atoms with Crippen LogP contribution in [0, 0.1) is 0 Å². The van der Waals surface area contributed by atoms with Gasteiger partial charge in [0.1, 0.15) is 0 Å². The molecule has 0 fully saturated rings. The van der Waals surface area contributed by atoms with Crippen molar-refractivity contribution in [1.29, 1.82) is 0 Å². The van der Waals surface area contributed by atoms with Crippen molar-refractivity contribution in [2.75, 3.05) is 19.0 Å². The third-order valence-electron chi connectivity index (χ3n) is 1.65. The molecule has 16 heavy (non-hydrogen) atoms. The molecule has 0 radical (unpaired) electrons. The van der Waals surface area contributed by atoms with E-state index in [1.165, 1.54) is 18.4 Å². The Hall–Kier alpha value is -1.47. The van der Waals surface area contributed by atoms with Crippen LogP contribution in [0.2, 0.25) is 0 Å². The number of amides is 2. The number of hydrogen-bond acceptors (Lipinski definition) is 5. The summed E-state index contributed by atoms with van der Waals surface area (Å²) in [5, 5.41) is 6.99. The van der Waals surface area contributed by atoms with Gasteiger partial charge in [-0.2, -0.15) is 0 Å². The predicted octanol–water partition coefficient (Wildman–Crippen LogP) is 0.233. The fraction of sp³-hybridized carbons (Fsp3) is 0.444. The summed E-state index contributed by atoms with van der Waals surface area (Å²) in [5.74, 6) is -1.42. The van der Waals surface area contributed by atoms with Crippen LogP contribution in [0.1, 0.15) is 6.92 Å². The standard InChI is InChI=1S/C9H13N3O3S/c1-6(5-15-2)11-7(13)8(14)12-9-10-3-4-16-9/h3-4,6H,5H2,1-2H3,(H,11,13)(H,10,12,14)/t6-/m0/s1. The van der Waals surface area contributed by atoms with Gasteiger partial charge in [0.05, 0.1) is 6.61 Å². The maximum Gasteiger partial charge on any atom is 0.315 e. The lowest BCUT2D eigenvalue weighted by Gasteiger charge is -2.11. The third-order valence-corrected chi connectivity index (χ3v) is 2.34. The molecule has 1 rings (SSSR count). The van der Waals surface area contributed by atoms with Crippen LogP contribution in [-0.2, 0) is 14.3 Å². The van der Waals surface area contributed by atoms with Gasteiger partial charge in [-0.15, -0.1) is 11.3 Å². The topological polar surface area (TPSA) is 80.3 Å². The lowest BCUT2D eigenvalue weighted by Crippen LogP contribution is -2.42. The van der Waals surface area contributed by atoms with Crippen LogP contribution in [0.4, 0.5) is 5.13 Å². The summed E-state index contributed by atoms with van der Waals surface area (Å²) >= 11 is 1.25. The molecule has 1 aromatic rings. The fourth-order valence-corrected chi connectivity index (χ4v) is 1.54. The van der Waals surface area contributed by atoms with E-state index < -0.39 is 11.8 Å². The van der Waals surface area contributed by atoms with E-state index >= 15 is 0 Å². The minimum atomic E-state index is -0.724. The zero-order chi connectivity index (χ0) is 12.0. The first-order valence-corrected chi connectivity index (χ1v) is 5.51. The molecule has 0 spiro atoms. The second kappa shape index (κ2) is 6.19. The average Bonchev–Trinajstić information content (AvgIpc) is 2.70. The zero-order valence-corrected chi connectivity index (χ0v) is 9.84. The summed E-state index contributed by atoms with van der Waals surface area (Å²) in [7, 11) is 1.53. The number of aromatic nitrogens is 1. The Morgan fingerprint density at radius 3 is 2.88 bits per heavy atom. The third kappa shape index (κ3) is 3.95. The van der Waals surface area contributed by atoms with Gasteiger partial charge >= 0.3 is 11.8 Å². The van der Waals surface area contributed by atoms with Crippen LogP contribution < -0.4 is 10.6 Å². The van der Waals surface area contributed by atoms with E-state index in [0.29, 0.717) is 11.7 Å². The summed E-state index contributed by atoms with van der Waals surface area (Å²) in [5.41, 5.74) is 0. The molecule has 0 bridgehead atoms. The second-order valence-corrected chi connectivity index (χ2v) is 4.02. The smallest absolute Gasteiger partial charge is 0.315 e. The first kappa shape index (κ1) is 12.6. The SMILES string of the molecule is COC[C@H](C)NC(=O)C(=O)Nc1nccs1. The van der Waals surface area contributed by atoms with Gasteiger partial charge in [0, 0.05) is 24.7 Å². The van der Waals surface area contributed by atoms with Gasteiger partial charge in [-0.3, -0.25) is 14.9 Å². The van der Waals surface area contributed by atoms with Crippen molar-refractivity contribution in [1.82, 2.24) is 10.3 Å². The monoisotopic (exact) mass is 243 g/mol. The Bertz CT molecular complexity index is 353. The molecule has 1 aromatic heterocycles. The molecule has 2 N–H and O–H groups in total. The van der Waals surface area contributed by atoms with Crippen molar-refractivity contribution in [2.24, 2.45) is 0 Å². The van der Waals surface area contributed by atoms with Gasteiger partial charge < -0.3 is 10.1 Å². The molecule has 1 atom stereocenters. The van der Waals surface area contributed by atoms with E-state index in [2.05, 4.69) is 15.6 Å². The van der Waals surface area contributed by atoms with Crippen molar-refractivity contribution < 1.29 is 14.3 Å². The maximum absolute atomic E-state index is 11.4. The molecule has 0 aliphatic heterocycles. The van der Waals surface area contributed by atoms with Gasteiger partial charge in [0.25, 0.3) is 0 Å². The lowest BCUT2D eigenvalue weighted by atomic mass is 10.3. The number of carbonyl (C=O) groups is 2. The molecule has 6 nitrogen and oxygen atoms in total. The fourth-order valence-electron chi connectivity index (χ4n) is 1.02. The van der Waals surface area contributed by atoms with Crippen LogP contribution in [0.15, 0.2) is 11.6 Å². The molecule has 0 saturated carbocycles. The number of hydrogen-bond donors (Lipinski definition) is 2. The molecule has 2 amide bonds.